The molecular formula is C18H21N3O3S2. The maximum atomic E-state index is 5.76. The standard InChI is InChI=1S/C18H21N3O3S2/c1-18(2,3)16-19-12(9-25-16)10-26-17-21-20-15(24-17)11-6-7-13(22-4)14(8-11)23-5/h6-9H,10H2,1-5H3. The Morgan fingerprint density at radius 2 is 1.88 bits per heavy atom. The van der Waals surface area contributed by atoms with Crippen molar-refractivity contribution in [1.82, 2.24) is 15.2 Å². The molecule has 138 valence electrons. The molecule has 0 bridgehead atoms. The second-order valence-corrected chi connectivity index (χ2v) is 8.41. The van der Waals surface area contributed by atoms with Gasteiger partial charge in [-0.3, -0.25) is 0 Å². The van der Waals surface area contributed by atoms with E-state index in [0.717, 1.165) is 16.3 Å². The minimum absolute atomic E-state index is 0.0681. The van der Waals surface area contributed by atoms with Crippen molar-refractivity contribution in [2.24, 2.45) is 0 Å². The van der Waals surface area contributed by atoms with Crippen LogP contribution < -0.4 is 9.47 Å². The minimum Gasteiger partial charge on any atom is -0.493 e. The Balaban J connectivity index is 1.69. The molecule has 2 aromatic heterocycles. The first-order valence-electron chi connectivity index (χ1n) is 8.04. The lowest BCUT2D eigenvalue weighted by Gasteiger charge is -2.13. The molecule has 0 atom stereocenters. The van der Waals surface area contributed by atoms with E-state index in [-0.39, 0.29) is 5.41 Å². The number of nitrogens with zero attached hydrogens (tertiary/aromatic N) is 3. The number of benzene rings is 1. The number of ether oxygens (including phenoxy) is 2. The Labute approximate surface area is 161 Å². The normalized spacial score (nSPS) is 11.6. The monoisotopic (exact) mass is 391 g/mol. The van der Waals surface area contributed by atoms with Crippen molar-refractivity contribution in [1.29, 1.82) is 0 Å². The van der Waals surface area contributed by atoms with Crippen LogP contribution in [0.4, 0.5) is 0 Å². The van der Waals surface area contributed by atoms with Crippen molar-refractivity contribution in [2.45, 2.75) is 37.2 Å². The molecule has 0 aliphatic rings. The van der Waals surface area contributed by atoms with Gasteiger partial charge in [-0.05, 0) is 18.2 Å². The Morgan fingerprint density at radius 3 is 2.54 bits per heavy atom. The summed E-state index contributed by atoms with van der Waals surface area (Å²) in [6, 6.07) is 5.49. The molecule has 0 fully saturated rings. The van der Waals surface area contributed by atoms with Gasteiger partial charge in [0, 0.05) is 22.1 Å². The number of hydrogen-bond donors (Lipinski definition) is 0. The highest BCUT2D eigenvalue weighted by Gasteiger charge is 2.18. The van der Waals surface area contributed by atoms with Crippen LogP contribution in [-0.2, 0) is 11.2 Å². The van der Waals surface area contributed by atoms with Gasteiger partial charge in [-0.15, -0.1) is 21.5 Å². The SMILES string of the molecule is COc1ccc(-c2nnc(SCc3csc(C(C)(C)C)n3)o2)cc1OC. The van der Waals surface area contributed by atoms with Crippen molar-refractivity contribution in [3.63, 3.8) is 0 Å². The molecule has 0 aliphatic carbocycles. The fraction of sp³-hybridized carbons (Fsp3) is 0.389. The number of methoxy groups -OCH3 is 2. The summed E-state index contributed by atoms with van der Waals surface area (Å²) < 4.78 is 16.3. The third kappa shape index (κ3) is 4.19. The van der Waals surface area contributed by atoms with Gasteiger partial charge in [-0.1, -0.05) is 32.5 Å². The summed E-state index contributed by atoms with van der Waals surface area (Å²) in [5, 5.41) is 12.0. The van der Waals surface area contributed by atoms with Crippen LogP contribution in [0.1, 0.15) is 31.5 Å². The molecular weight excluding hydrogens is 370 g/mol. The number of hydrogen-bond acceptors (Lipinski definition) is 8. The maximum absolute atomic E-state index is 5.76. The third-order valence-corrected chi connectivity index (χ3v) is 5.74. The molecule has 3 aromatic rings. The first-order chi connectivity index (χ1) is 12.4. The largest absolute Gasteiger partial charge is 0.493 e. The van der Waals surface area contributed by atoms with Crippen LogP contribution in [-0.4, -0.2) is 29.4 Å². The molecule has 6 nitrogen and oxygen atoms in total. The van der Waals surface area contributed by atoms with E-state index in [1.54, 1.807) is 25.6 Å². The highest BCUT2D eigenvalue weighted by atomic mass is 32.2. The fourth-order valence-electron chi connectivity index (χ4n) is 2.21. The summed E-state index contributed by atoms with van der Waals surface area (Å²) in [6.07, 6.45) is 0. The summed E-state index contributed by atoms with van der Waals surface area (Å²) in [4.78, 5) is 4.68. The van der Waals surface area contributed by atoms with Gasteiger partial charge in [0.05, 0.1) is 24.9 Å². The zero-order valence-corrected chi connectivity index (χ0v) is 17.0. The maximum Gasteiger partial charge on any atom is 0.277 e. The van der Waals surface area contributed by atoms with E-state index >= 15 is 0 Å². The molecule has 1 aromatic carbocycles. The van der Waals surface area contributed by atoms with Crippen LogP contribution in [0.25, 0.3) is 11.5 Å². The van der Waals surface area contributed by atoms with Gasteiger partial charge < -0.3 is 13.9 Å². The number of rotatable bonds is 6. The van der Waals surface area contributed by atoms with E-state index < -0.39 is 0 Å². The molecule has 0 radical (unpaired) electrons. The van der Waals surface area contributed by atoms with E-state index in [1.807, 2.05) is 18.2 Å². The minimum atomic E-state index is 0.0681. The molecule has 0 unspecified atom stereocenters. The first-order valence-corrected chi connectivity index (χ1v) is 9.91. The van der Waals surface area contributed by atoms with E-state index in [2.05, 4.69) is 41.3 Å². The Kier molecular flexibility index (Phi) is 5.52. The molecule has 0 N–H and O–H groups in total. The predicted octanol–water partition coefficient (Wildman–Crippen LogP) is 4.80. The molecule has 3 rings (SSSR count). The van der Waals surface area contributed by atoms with E-state index in [9.17, 15) is 0 Å². The van der Waals surface area contributed by atoms with Crippen LogP contribution in [0, 0.1) is 0 Å². The fourth-order valence-corrected chi connectivity index (χ4v) is 3.88. The van der Waals surface area contributed by atoms with Crippen molar-refractivity contribution in [3.8, 4) is 23.0 Å². The predicted molar refractivity (Wildman–Crippen MR) is 103 cm³/mol. The van der Waals surface area contributed by atoms with Crippen LogP contribution in [0.5, 0.6) is 11.5 Å². The summed E-state index contributed by atoms with van der Waals surface area (Å²) in [5.74, 6) is 2.42. The first kappa shape index (κ1) is 18.7. The van der Waals surface area contributed by atoms with Crippen LogP contribution in [0.2, 0.25) is 0 Å². The van der Waals surface area contributed by atoms with Gasteiger partial charge in [0.1, 0.15) is 0 Å². The quantitative estimate of drug-likeness (QED) is 0.559. The van der Waals surface area contributed by atoms with E-state index in [4.69, 9.17) is 13.9 Å². The van der Waals surface area contributed by atoms with E-state index in [0.29, 0.717) is 28.4 Å². The van der Waals surface area contributed by atoms with Gasteiger partial charge in [0.2, 0.25) is 5.89 Å². The highest BCUT2D eigenvalue weighted by Crippen LogP contribution is 2.33. The second kappa shape index (κ2) is 7.67. The number of thioether (sulfide) groups is 1. The van der Waals surface area contributed by atoms with Gasteiger partial charge >= 0.3 is 0 Å². The van der Waals surface area contributed by atoms with Gasteiger partial charge in [0.15, 0.2) is 11.5 Å². The van der Waals surface area contributed by atoms with Gasteiger partial charge in [-0.25, -0.2) is 4.98 Å². The molecule has 0 spiro atoms. The van der Waals surface area contributed by atoms with Gasteiger partial charge in [0.25, 0.3) is 5.22 Å². The number of aromatic nitrogens is 3. The average molecular weight is 392 g/mol. The third-order valence-electron chi connectivity index (χ3n) is 3.57. The molecule has 26 heavy (non-hydrogen) atoms. The molecule has 0 amide bonds. The molecule has 2 heterocycles. The lowest BCUT2D eigenvalue weighted by atomic mass is 9.98. The highest BCUT2D eigenvalue weighted by molar-refractivity contribution is 7.98. The molecule has 0 saturated heterocycles. The van der Waals surface area contributed by atoms with Crippen molar-refractivity contribution in [3.05, 3.63) is 34.3 Å². The van der Waals surface area contributed by atoms with E-state index in [1.165, 1.54) is 11.8 Å². The summed E-state index contributed by atoms with van der Waals surface area (Å²) in [5.41, 5.74) is 1.88. The molecule has 0 saturated carbocycles. The second-order valence-electron chi connectivity index (χ2n) is 6.63. The lowest BCUT2D eigenvalue weighted by molar-refractivity contribution is 0.355. The lowest BCUT2D eigenvalue weighted by Crippen LogP contribution is -2.10. The average Bonchev–Trinajstić information content (AvgIpc) is 3.28. The van der Waals surface area contributed by atoms with Crippen molar-refractivity contribution in [2.75, 3.05) is 14.2 Å². The van der Waals surface area contributed by atoms with Crippen molar-refractivity contribution >= 4 is 23.1 Å². The molecule has 0 aliphatic heterocycles. The van der Waals surface area contributed by atoms with Crippen molar-refractivity contribution < 1.29 is 13.9 Å². The van der Waals surface area contributed by atoms with Crippen LogP contribution >= 0.6 is 23.1 Å². The van der Waals surface area contributed by atoms with Crippen LogP contribution in [0.15, 0.2) is 33.2 Å². The summed E-state index contributed by atoms with van der Waals surface area (Å²) in [7, 11) is 3.19. The smallest absolute Gasteiger partial charge is 0.277 e. The molecule has 8 heteroatoms. The summed E-state index contributed by atoms with van der Waals surface area (Å²) >= 11 is 3.16. The Bertz CT molecular complexity index is 884. The summed E-state index contributed by atoms with van der Waals surface area (Å²) in [6.45, 7) is 6.49. The number of thiazole rings is 1. The van der Waals surface area contributed by atoms with Crippen LogP contribution in [0.3, 0.4) is 0 Å². The zero-order valence-electron chi connectivity index (χ0n) is 15.4. The Morgan fingerprint density at radius 1 is 1.12 bits per heavy atom. The van der Waals surface area contributed by atoms with Gasteiger partial charge in [-0.2, -0.15) is 0 Å². The Hall–Kier alpha value is -2.06. The zero-order chi connectivity index (χ0) is 18.7. The topological polar surface area (TPSA) is 70.3 Å².